The number of hydrogen-bond acceptors (Lipinski definition) is 3. The largest absolute Gasteiger partial charge is 0.493 e. The van der Waals surface area contributed by atoms with Crippen molar-refractivity contribution in [1.29, 1.82) is 0 Å². The van der Waals surface area contributed by atoms with E-state index in [2.05, 4.69) is 19.2 Å². The van der Waals surface area contributed by atoms with Gasteiger partial charge in [-0.25, -0.2) is 0 Å². The second kappa shape index (κ2) is 7.90. The van der Waals surface area contributed by atoms with E-state index in [1.807, 2.05) is 38.1 Å². The van der Waals surface area contributed by atoms with Crippen LogP contribution in [0.5, 0.6) is 5.75 Å². The minimum absolute atomic E-state index is 0.0207. The SMILES string of the molecule is CC(C)COc1ccc(C(C)NC(=O)CC(C)N)cc1. The molecule has 0 aliphatic carbocycles. The molecule has 1 aromatic carbocycles. The highest BCUT2D eigenvalue weighted by atomic mass is 16.5. The summed E-state index contributed by atoms with van der Waals surface area (Å²) in [6, 6.07) is 7.69. The van der Waals surface area contributed by atoms with E-state index in [4.69, 9.17) is 10.5 Å². The smallest absolute Gasteiger partial charge is 0.222 e. The number of hydrogen-bond donors (Lipinski definition) is 2. The molecule has 20 heavy (non-hydrogen) atoms. The average molecular weight is 278 g/mol. The molecular weight excluding hydrogens is 252 g/mol. The Morgan fingerprint density at radius 3 is 2.30 bits per heavy atom. The van der Waals surface area contributed by atoms with Crippen molar-refractivity contribution in [3.05, 3.63) is 29.8 Å². The molecule has 1 aromatic rings. The highest BCUT2D eigenvalue weighted by Gasteiger charge is 2.11. The molecule has 0 bridgehead atoms. The lowest BCUT2D eigenvalue weighted by Gasteiger charge is -2.16. The molecule has 112 valence electrons. The van der Waals surface area contributed by atoms with Crippen LogP contribution in [0.15, 0.2) is 24.3 Å². The summed E-state index contributed by atoms with van der Waals surface area (Å²) >= 11 is 0. The fourth-order valence-corrected chi connectivity index (χ4v) is 1.79. The van der Waals surface area contributed by atoms with Crippen LogP contribution in [-0.4, -0.2) is 18.6 Å². The van der Waals surface area contributed by atoms with Crippen LogP contribution in [0.25, 0.3) is 0 Å². The van der Waals surface area contributed by atoms with Gasteiger partial charge in [0.25, 0.3) is 0 Å². The first-order chi connectivity index (χ1) is 9.38. The Kier molecular flexibility index (Phi) is 6.52. The number of nitrogens with two attached hydrogens (primary N) is 1. The van der Waals surface area contributed by atoms with Gasteiger partial charge in [0.1, 0.15) is 5.75 Å². The first-order valence-corrected chi connectivity index (χ1v) is 7.16. The molecule has 0 fully saturated rings. The van der Waals surface area contributed by atoms with Crippen molar-refractivity contribution in [1.82, 2.24) is 5.32 Å². The molecule has 0 saturated carbocycles. The van der Waals surface area contributed by atoms with E-state index in [1.165, 1.54) is 0 Å². The van der Waals surface area contributed by atoms with Crippen LogP contribution in [0.4, 0.5) is 0 Å². The Morgan fingerprint density at radius 1 is 1.20 bits per heavy atom. The van der Waals surface area contributed by atoms with Crippen LogP contribution in [0.2, 0.25) is 0 Å². The van der Waals surface area contributed by atoms with Gasteiger partial charge in [-0.15, -0.1) is 0 Å². The lowest BCUT2D eigenvalue weighted by atomic mass is 10.1. The highest BCUT2D eigenvalue weighted by Crippen LogP contribution is 2.18. The molecule has 2 atom stereocenters. The number of benzene rings is 1. The van der Waals surface area contributed by atoms with Crippen LogP contribution < -0.4 is 15.8 Å². The van der Waals surface area contributed by atoms with Crippen molar-refractivity contribution in [3.8, 4) is 5.75 Å². The molecule has 4 heteroatoms. The first-order valence-electron chi connectivity index (χ1n) is 7.16. The monoisotopic (exact) mass is 278 g/mol. The van der Waals surface area contributed by atoms with Crippen molar-refractivity contribution >= 4 is 5.91 Å². The van der Waals surface area contributed by atoms with Gasteiger partial charge in [-0.2, -0.15) is 0 Å². The molecule has 0 radical (unpaired) electrons. The fraction of sp³-hybridized carbons (Fsp3) is 0.562. The number of amides is 1. The van der Waals surface area contributed by atoms with E-state index < -0.39 is 0 Å². The summed E-state index contributed by atoms with van der Waals surface area (Å²) in [4.78, 5) is 11.7. The molecule has 4 nitrogen and oxygen atoms in total. The predicted octanol–water partition coefficient (Wildman–Crippen LogP) is 2.64. The van der Waals surface area contributed by atoms with Gasteiger partial charge in [-0.1, -0.05) is 26.0 Å². The minimum Gasteiger partial charge on any atom is -0.493 e. The van der Waals surface area contributed by atoms with E-state index in [9.17, 15) is 4.79 Å². The summed E-state index contributed by atoms with van der Waals surface area (Å²) in [6.07, 6.45) is 0.347. The zero-order chi connectivity index (χ0) is 15.1. The molecular formula is C16H26N2O2. The minimum atomic E-state index is -0.117. The second-order valence-electron chi connectivity index (χ2n) is 5.74. The van der Waals surface area contributed by atoms with Crippen molar-refractivity contribution in [2.45, 2.75) is 46.2 Å². The van der Waals surface area contributed by atoms with Gasteiger partial charge in [0.15, 0.2) is 0 Å². The third-order valence-electron chi connectivity index (χ3n) is 2.85. The maximum absolute atomic E-state index is 11.7. The van der Waals surface area contributed by atoms with Gasteiger partial charge < -0.3 is 15.8 Å². The van der Waals surface area contributed by atoms with Gasteiger partial charge >= 0.3 is 0 Å². The normalized spacial score (nSPS) is 13.9. The lowest BCUT2D eigenvalue weighted by Crippen LogP contribution is -2.31. The van der Waals surface area contributed by atoms with E-state index in [0.29, 0.717) is 18.9 Å². The summed E-state index contributed by atoms with van der Waals surface area (Å²) < 4.78 is 5.63. The molecule has 3 N–H and O–H groups in total. The van der Waals surface area contributed by atoms with E-state index in [1.54, 1.807) is 0 Å². The third kappa shape index (κ3) is 6.06. The number of carbonyl (C=O) groups excluding carboxylic acids is 1. The number of ether oxygens (including phenoxy) is 1. The second-order valence-corrected chi connectivity index (χ2v) is 5.74. The summed E-state index contributed by atoms with van der Waals surface area (Å²) in [5.74, 6) is 1.34. The Balaban J connectivity index is 2.52. The summed E-state index contributed by atoms with van der Waals surface area (Å²) in [5.41, 5.74) is 6.66. The summed E-state index contributed by atoms with van der Waals surface area (Å²) in [5, 5.41) is 2.94. The topological polar surface area (TPSA) is 64.3 Å². The van der Waals surface area contributed by atoms with Crippen molar-refractivity contribution in [2.24, 2.45) is 11.7 Å². The van der Waals surface area contributed by atoms with E-state index in [0.717, 1.165) is 11.3 Å². The zero-order valence-electron chi connectivity index (χ0n) is 12.8. The number of nitrogens with one attached hydrogen (secondary N) is 1. The van der Waals surface area contributed by atoms with Gasteiger partial charge in [-0.3, -0.25) is 4.79 Å². The molecule has 0 aliphatic rings. The van der Waals surface area contributed by atoms with Crippen LogP contribution in [0.3, 0.4) is 0 Å². The van der Waals surface area contributed by atoms with Gasteiger partial charge in [0.2, 0.25) is 5.91 Å². The maximum Gasteiger partial charge on any atom is 0.222 e. The average Bonchev–Trinajstić information content (AvgIpc) is 2.35. The Bertz CT molecular complexity index is 413. The molecule has 0 heterocycles. The first kappa shape index (κ1) is 16.5. The highest BCUT2D eigenvalue weighted by molar-refractivity contribution is 5.76. The van der Waals surface area contributed by atoms with Crippen LogP contribution in [0, 0.1) is 5.92 Å². The standard InChI is InChI=1S/C16H26N2O2/c1-11(2)10-20-15-7-5-14(6-8-15)13(4)18-16(19)9-12(3)17/h5-8,11-13H,9-10,17H2,1-4H3,(H,18,19). The molecule has 0 spiro atoms. The molecule has 2 unspecified atom stereocenters. The maximum atomic E-state index is 11.7. The van der Waals surface area contributed by atoms with Crippen LogP contribution in [-0.2, 0) is 4.79 Å². The van der Waals surface area contributed by atoms with Gasteiger partial charge in [0.05, 0.1) is 12.6 Å². The van der Waals surface area contributed by atoms with Crippen molar-refractivity contribution in [3.63, 3.8) is 0 Å². The number of rotatable bonds is 7. The summed E-state index contributed by atoms with van der Waals surface area (Å²) in [6.45, 7) is 8.73. The molecule has 1 rings (SSSR count). The Hall–Kier alpha value is -1.55. The lowest BCUT2D eigenvalue weighted by molar-refractivity contribution is -0.122. The zero-order valence-corrected chi connectivity index (χ0v) is 12.8. The Labute approximate surface area is 121 Å². The molecule has 0 aromatic heterocycles. The summed E-state index contributed by atoms with van der Waals surface area (Å²) in [7, 11) is 0. The molecule has 0 aliphatic heterocycles. The third-order valence-corrected chi connectivity index (χ3v) is 2.85. The Morgan fingerprint density at radius 2 is 1.80 bits per heavy atom. The van der Waals surface area contributed by atoms with Gasteiger partial charge in [0, 0.05) is 12.5 Å². The van der Waals surface area contributed by atoms with Crippen molar-refractivity contribution in [2.75, 3.05) is 6.61 Å². The van der Waals surface area contributed by atoms with Crippen LogP contribution >= 0.6 is 0 Å². The molecule has 1 amide bonds. The fourth-order valence-electron chi connectivity index (χ4n) is 1.79. The predicted molar refractivity (Wildman–Crippen MR) is 81.6 cm³/mol. The molecule has 0 saturated heterocycles. The number of carbonyl (C=O) groups is 1. The quantitative estimate of drug-likeness (QED) is 0.806. The van der Waals surface area contributed by atoms with Crippen molar-refractivity contribution < 1.29 is 9.53 Å². The van der Waals surface area contributed by atoms with Crippen LogP contribution in [0.1, 0.15) is 45.7 Å². The van der Waals surface area contributed by atoms with E-state index >= 15 is 0 Å². The van der Waals surface area contributed by atoms with E-state index in [-0.39, 0.29) is 18.0 Å². The van der Waals surface area contributed by atoms with Gasteiger partial charge in [-0.05, 0) is 37.5 Å².